The fourth-order valence-corrected chi connectivity index (χ4v) is 0.672. The molecule has 0 aromatic carbocycles. The number of hydrogen-bond donors (Lipinski definition) is 0. The van der Waals surface area contributed by atoms with Gasteiger partial charge in [-0.15, -0.1) is 12.3 Å². The highest BCUT2D eigenvalue weighted by Crippen LogP contribution is 1.92. The van der Waals surface area contributed by atoms with Gasteiger partial charge in [0, 0.05) is 18.8 Å². The van der Waals surface area contributed by atoms with E-state index in [-0.39, 0.29) is 12.4 Å². The Labute approximate surface area is 76.0 Å². The molecule has 0 radical (unpaired) electrons. The van der Waals surface area contributed by atoms with Crippen LogP contribution in [0.3, 0.4) is 0 Å². The summed E-state index contributed by atoms with van der Waals surface area (Å²) in [5, 5.41) is 0. The molecule has 4 nitrogen and oxygen atoms in total. The van der Waals surface area contributed by atoms with Gasteiger partial charge in [-0.25, -0.2) is 14.8 Å². The van der Waals surface area contributed by atoms with Gasteiger partial charge < -0.3 is 4.74 Å². The maximum Gasteiger partial charge on any atom is 0.376 e. The first-order valence-electron chi connectivity index (χ1n) is 3.72. The third kappa shape index (κ3) is 2.91. The monoisotopic (exact) mass is 176 g/mol. The second kappa shape index (κ2) is 4.88. The molecule has 1 aromatic rings. The van der Waals surface area contributed by atoms with E-state index in [4.69, 9.17) is 11.2 Å². The van der Waals surface area contributed by atoms with E-state index in [9.17, 15) is 4.79 Å². The van der Waals surface area contributed by atoms with Gasteiger partial charge in [-0.1, -0.05) is 0 Å². The zero-order valence-corrected chi connectivity index (χ0v) is 6.93. The van der Waals surface area contributed by atoms with Gasteiger partial charge in [-0.05, 0) is 6.07 Å². The molecular weight excluding hydrogens is 168 g/mol. The molecule has 1 rings (SSSR count). The summed E-state index contributed by atoms with van der Waals surface area (Å²) in [4.78, 5) is 18.5. The van der Waals surface area contributed by atoms with E-state index < -0.39 is 5.97 Å². The van der Waals surface area contributed by atoms with Crippen molar-refractivity contribution in [2.24, 2.45) is 0 Å². The summed E-state index contributed by atoms with van der Waals surface area (Å²) in [6, 6.07) is 1.62. The van der Waals surface area contributed by atoms with Crippen LogP contribution in [0.5, 0.6) is 0 Å². The van der Waals surface area contributed by atoms with Crippen molar-refractivity contribution >= 4 is 5.97 Å². The largest absolute Gasteiger partial charge is 0.459 e. The van der Waals surface area contributed by atoms with Crippen molar-refractivity contribution in [2.45, 2.75) is 6.42 Å². The van der Waals surface area contributed by atoms with Crippen molar-refractivity contribution in [2.75, 3.05) is 6.61 Å². The second-order valence-corrected chi connectivity index (χ2v) is 2.16. The van der Waals surface area contributed by atoms with Gasteiger partial charge in [0.15, 0.2) is 0 Å². The fourth-order valence-electron chi connectivity index (χ4n) is 0.672. The predicted octanol–water partition coefficient (Wildman–Crippen LogP) is 0.657. The van der Waals surface area contributed by atoms with Gasteiger partial charge in [0.1, 0.15) is 6.61 Å². The fraction of sp³-hybridized carbons (Fsp3) is 0.222. The van der Waals surface area contributed by atoms with Gasteiger partial charge in [0.2, 0.25) is 5.82 Å². The van der Waals surface area contributed by atoms with Crippen LogP contribution in [0.25, 0.3) is 0 Å². The second-order valence-electron chi connectivity index (χ2n) is 2.16. The molecule has 13 heavy (non-hydrogen) atoms. The van der Waals surface area contributed by atoms with E-state index in [2.05, 4.69) is 15.9 Å². The van der Waals surface area contributed by atoms with Crippen LogP contribution in [0.2, 0.25) is 0 Å². The Morgan fingerprint density at radius 1 is 1.54 bits per heavy atom. The zero-order valence-electron chi connectivity index (χ0n) is 6.93. The maximum absolute atomic E-state index is 11.1. The van der Waals surface area contributed by atoms with E-state index in [1.807, 2.05) is 0 Å². The molecule has 1 heterocycles. The Hall–Kier alpha value is -1.89. The molecule has 1 aromatic heterocycles. The Balaban J connectivity index is 2.46. The van der Waals surface area contributed by atoms with E-state index in [0.717, 1.165) is 0 Å². The molecule has 0 N–H and O–H groups in total. The molecule has 0 spiro atoms. The van der Waals surface area contributed by atoms with Gasteiger partial charge in [0.25, 0.3) is 0 Å². The quantitative estimate of drug-likeness (QED) is 0.385. The first-order chi connectivity index (χ1) is 6.34. The predicted molar refractivity (Wildman–Crippen MR) is 45.8 cm³/mol. The highest BCUT2D eigenvalue weighted by atomic mass is 16.5. The van der Waals surface area contributed by atoms with Crippen LogP contribution in [0.4, 0.5) is 0 Å². The lowest BCUT2D eigenvalue weighted by Crippen LogP contribution is -2.09. The number of terminal acetylenes is 1. The van der Waals surface area contributed by atoms with Crippen LogP contribution in [0, 0.1) is 12.3 Å². The summed E-state index contributed by atoms with van der Waals surface area (Å²) in [6.45, 7) is 0.202. The third-order valence-electron chi connectivity index (χ3n) is 1.23. The van der Waals surface area contributed by atoms with Crippen molar-refractivity contribution in [1.29, 1.82) is 0 Å². The molecular formula is C9H8N2O2. The molecule has 0 atom stereocenters. The minimum absolute atomic E-state index is 0.0551. The smallest absolute Gasteiger partial charge is 0.376 e. The van der Waals surface area contributed by atoms with Crippen LogP contribution in [0.15, 0.2) is 18.5 Å². The highest BCUT2D eigenvalue weighted by Gasteiger charge is 2.07. The van der Waals surface area contributed by atoms with Crippen LogP contribution in [0.1, 0.15) is 17.0 Å². The zero-order chi connectivity index (χ0) is 9.52. The van der Waals surface area contributed by atoms with Gasteiger partial charge in [0.05, 0.1) is 0 Å². The standard InChI is InChI=1S/C9H8N2O2/c1-2-3-7-13-9(12)8-10-5-4-6-11-8/h1,4-6H,3,7H2. The number of esters is 1. The molecule has 0 aliphatic rings. The summed E-state index contributed by atoms with van der Waals surface area (Å²) in [7, 11) is 0. The van der Waals surface area contributed by atoms with E-state index in [1.165, 1.54) is 12.4 Å². The number of ether oxygens (including phenoxy) is 1. The molecule has 0 amide bonds. The average molecular weight is 176 g/mol. The molecule has 0 aliphatic carbocycles. The number of carbonyl (C=O) groups excluding carboxylic acids is 1. The van der Waals surface area contributed by atoms with Gasteiger partial charge >= 0.3 is 5.97 Å². The molecule has 0 unspecified atom stereocenters. The number of rotatable bonds is 3. The summed E-state index contributed by atoms with van der Waals surface area (Å²) >= 11 is 0. The van der Waals surface area contributed by atoms with Crippen LogP contribution < -0.4 is 0 Å². The molecule has 0 saturated carbocycles. The van der Waals surface area contributed by atoms with Crippen LogP contribution >= 0.6 is 0 Å². The molecule has 4 heteroatoms. The number of nitrogens with zero attached hydrogens (tertiary/aromatic N) is 2. The van der Waals surface area contributed by atoms with Crippen molar-refractivity contribution in [3.8, 4) is 12.3 Å². The number of carbonyl (C=O) groups is 1. The first kappa shape index (κ1) is 9.20. The van der Waals surface area contributed by atoms with Crippen molar-refractivity contribution in [1.82, 2.24) is 9.97 Å². The topological polar surface area (TPSA) is 52.1 Å². The molecule has 0 fully saturated rings. The minimum atomic E-state index is -0.546. The lowest BCUT2D eigenvalue weighted by molar-refractivity contribution is 0.0499. The van der Waals surface area contributed by atoms with Crippen LogP contribution in [-0.4, -0.2) is 22.5 Å². The lowest BCUT2D eigenvalue weighted by atomic mass is 10.5. The molecule has 0 saturated heterocycles. The van der Waals surface area contributed by atoms with E-state index >= 15 is 0 Å². The van der Waals surface area contributed by atoms with Crippen molar-refractivity contribution in [3.63, 3.8) is 0 Å². The first-order valence-corrected chi connectivity index (χ1v) is 3.72. The average Bonchev–Trinajstić information content (AvgIpc) is 2.19. The van der Waals surface area contributed by atoms with E-state index in [0.29, 0.717) is 6.42 Å². The third-order valence-corrected chi connectivity index (χ3v) is 1.23. The lowest BCUT2D eigenvalue weighted by Gasteiger charge is -1.99. The maximum atomic E-state index is 11.1. The van der Waals surface area contributed by atoms with Crippen molar-refractivity contribution in [3.05, 3.63) is 24.3 Å². The normalized spacial score (nSPS) is 8.85. The van der Waals surface area contributed by atoms with Gasteiger partial charge in [-0.2, -0.15) is 0 Å². The Morgan fingerprint density at radius 2 is 2.23 bits per heavy atom. The Bertz CT molecular complexity index is 316. The number of aromatic nitrogens is 2. The summed E-state index contributed by atoms with van der Waals surface area (Å²) in [5.41, 5.74) is 0. The summed E-state index contributed by atoms with van der Waals surface area (Å²) in [5.74, 6) is 1.87. The minimum Gasteiger partial charge on any atom is -0.459 e. The molecule has 0 bridgehead atoms. The van der Waals surface area contributed by atoms with E-state index in [1.54, 1.807) is 6.07 Å². The van der Waals surface area contributed by atoms with Crippen molar-refractivity contribution < 1.29 is 9.53 Å². The number of hydrogen-bond acceptors (Lipinski definition) is 4. The summed E-state index contributed by atoms with van der Waals surface area (Å²) in [6.07, 6.45) is 8.34. The molecule has 66 valence electrons. The Morgan fingerprint density at radius 3 is 2.85 bits per heavy atom. The van der Waals surface area contributed by atoms with Crippen LogP contribution in [-0.2, 0) is 4.74 Å². The Kier molecular flexibility index (Phi) is 3.45. The highest BCUT2D eigenvalue weighted by molar-refractivity contribution is 5.84. The SMILES string of the molecule is C#CCCOC(=O)c1ncccn1. The van der Waals surface area contributed by atoms with Gasteiger partial charge in [-0.3, -0.25) is 0 Å². The molecule has 0 aliphatic heterocycles. The summed E-state index contributed by atoms with van der Waals surface area (Å²) < 4.78 is 4.76.